The molecular formula is C15H24O2. The highest BCUT2D eigenvalue weighted by Gasteiger charge is 2.14. The van der Waals surface area contributed by atoms with Gasteiger partial charge in [0.25, 0.3) is 0 Å². The molecule has 0 bridgehead atoms. The number of hydrogen-bond donors (Lipinski definition) is 2. The number of aromatic hydroxyl groups is 2. The summed E-state index contributed by atoms with van der Waals surface area (Å²) in [5.74, 6) is 0.115. The molecule has 2 nitrogen and oxygen atoms in total. The van der Waals surface area contributed by atoms with E-state index in [1.165, 1.54) is 18.4 Å². The largest absolute Gasteiger partial charge is 0.504 e. The van der Waals surface area contributed by atoms with E-state index in [0.29, 0.717) is 0 Å². The normalized spacial score (nSPS) is 10.8. The van der Waals surface area contributed by atoms with Gasteiger partial charge in [0.2, 0.25) is 0 Å². The summed E-state index contributed by atoms with van der Waals surface area (Å²) >= 11 is 0. The summed E-state index contributed by atoms with van der Waals surface area (Å²) in [5, 5.41) is 19.7. The van der Waals surface area contributed by atoms with Crippen LogP contribution >= 0.6 is 0 Å². The minimum atomic E-state index is 0.0221. The first-order valence-electron chi connectivity index (χ1n) is 6.65. The Kier molecular flexibility index (Phi) is 5.33. The Hall–Kier alpha value is -1.18. The molecule has 1 aromatic rings. The van der Waals surface area contributed by atoms with Gasteiger partial charge in [0, 0.05) is 5.56 Å². The summed E-state index contributed by atoms with van der Waals surface area (Å²) in [6.07, 6.45) is 6.31. The monoisotopic (exact) mass is 236 g/mol. The van der Waals surface area contributed by atoms with Gasteiger partial charge < -0.3 is 10.2 Å². The van der Waals surface area contributed by atoms with Crippen LogP contribution in [0.5, 0.6) is 11.5 Å². The molecule has 1 aromatic carbocycles. The minimum absolute atomic E-state index is 0.0221. The molecule has 0 spiro atoms. The zero-order valence-electron chi connectivity index (χ0n) is 11.2. The summed E-state index contributed by atoms with van der Waals surface area (Å²) in [5.41, 5.74) is 3.27. The Balaban J connectivity index is 3.03. The topological polar surface area (TPSA) is 40.5 Å². The van der Waals surface area contributed by atoms with E-state index >= 15 is 0 Å². The molecule has 0 amide bonds. The first kappa shape index (κ1) is 13.9. The lowest BCUT2D eigenvalue weighted by Crippen LogP contribution is -1.99. The van der Waals surface area contributed by atoms with Crippen LogP contribution in [0.15, 0.2) is 6.07 Å². The number of rotatable bonds is 6. The molecule has 0 aliphatic rings. The molecule has 0 aliphatic heterocycles. The lowest BCUT2D eigenvalue weighted by Gasteiger charge is -2.15. The lowest BCUT2D eigenvalue weighted by atomic mass is 9.93. The predicted molar refractivity (Wildman–Crippen MR) is 71.7 cm³/mol. The minimum Gasteiger partial charge on any atom is -0.504 e. The second-order valence-electron chi connectivity index (χ2n) is 4.73. The van der Waals surface area contributed by atoms with Crippen molar-refractivity contribution in [3.63, 3.8) is 0 Å². The Morgan fingerprint density at radius 1 is 0.941 bits per heavy atom. The van der Waals surface area contributed by atoms with E-state index in [-0.39, 0.29) is 11.5 Å². The summed E-state index contributed by atoms with van der Waals surface area (Å²) < 4.78 is 0. The van der Waals surface area contributed by atoms with Gasteiger partial charge in [-0.3, -0.25) is 0 Å². The van der Waals surface area contributed by atoms with Crippen molar-refractivity contribution in [3.8, 4) is 11.5 Å². The average molecular weight is 236 g/mol. The van der Waals surface area contributed by atoms with Gasteiger partial charge in [0.05, 0.1) is 0 Å². The molecule has 0 radical (unpaired) electrons. The standard InChI is InChI=1S/C15H24O2/c1-4-6-7-9-13-12(8-5-2)11(3)10-14(16)15(13)17/h10,16-17H,4-9H2,1-3H3. The van der Waals surface area contributed by atoms with Crippen LogP contribution in [0.25, 0.3) is 0 Å². The third kappa shape index (κ3) is 3.39. The maximum absolute atomic E-state index is 9.98. The molecule has 0 unspecified atom stereocenters. The van der Waals surface area contributed by atoms with Gasteiger partial charge in [0.1, 0.15) is 0 Å². The molecule has 17 heavy (non-hydrogen) atoms. The number of phenolic OH excluding ortho intramolecular Hbond substituents is 2. The summed E-state index contributed by atoms with van der Waals surface area (Å²) in [6, 6.07) is 1.67. The summed E-state index contributed by atoms with van der Waals surface area (Å²) in [4.78, 5) is 0. The average Bonchev–Trinajstić information content (AvgIpc) is 2.30. The maximum atomic E-state index is 9.98. The molecule has 2 heteroatoms. The van der Waals surface area contributed by atoms with E-state index in [9.17, 15) is 10.2 Å². The molecule has 0 heterocycles. The SMILES string of the molecule is CCCCCc1c(O)c(O)cc(C)c1CCC. The molecule has 96 valence electrons. The Morgan fingerprint density at radius 3 is 2.24 bits per heavy atom. The molecule has 0 saturated carbocycles. The fourth-order valence-corrected chi connectivity index (χ4v) is 2.32. The van der Waals surface area contributed by atoms with Crippen LogP contribution in [0.4, 0.5) is 0 Å². The highest BCUT2D eigenvalue weighted by molar-refractivity contribution is 5.52. The second-order valence-corrected chi connectivity index (χ2v) is 4.73. The van der Waals surface area contributed by atoms with E-state index in [1.807, 2.05) is 6.92 Å². The van der Waals surface area contributed by atoms with Gasteiger partial charge in [-0.25, -0.2) is 0 Å². The quantitative estimate of drug-likeness (QED) is 0.577. The van der Waals surface area contributed by atoms with Crippen molar-refractivity contribution >= 4 is 0 Å². The van der Waals surface area contributed by atoms with Crippen LogP contribution < -0.4 is 0 Å². The molecule has 0 aromatic heterocycles. The molecule has 2 N–H and O–H groups in total. The van der Waals surface area contributed by atoms with Gasteiger partial charge in [-0.15, -0.1) is 0 Å². The zero-order chi connectivity index (χ0) is 12.8. The van der Waals surface area contributed by atoms with E-state index in [4.69, 9.17) is 0 Å². The van der Waals surface area contributed by atoms with E-state index in [2.05, 4.69) is 13.8 Å². The molecule has 0 aliphatic carbocycles. The van der Waals surface area contributed by atoms with Crippen LogP contribution in [0.1, 0.15) is 56.2 Å². The van der Waals surface area contributed by atoms with Gasteiger partial charge >= 0.3 is 0 Å². The van der Waals surface area contributed by atoms with Crippen molar-refractivity contribution in [1.29, 1.82) is 0 Å². The molecule has 1 rings (SSSR count). The molecule has 0 atom stereocenters. The fourth-order valence-electron chi connectivity index (χ4n) is 2.32. The van der Waals surface area contributed by atoms with Gasteiger partial charge in [0.15, 0.2) is 11.5 Å². The highest BCUT2D eigenvalue weighted by atomic mass is 16.3. The first-order chi connectivity index (χ1) is 8.11. The van der Waals surface area contributed by atoms with Crippen molar-refractivity contribution < 1.29 is 10.2 Å². The van der Waals surface area contributed by atoms with Gasteiger partial charge in [-0.2, -0.15) is 0 Å². The Labute approximate surface area is 104 Å². The van der Waals surface area contributed by atoms with E-state index in [1.54, 1.807) is 6.07 Å². The van der Waals surface area contributed by atoms with Crippen molar-refractivity contribution in [2.45, 2.75) is 59.3 Å². The highest BCUT2D eigenvalue weighted by Crippen LogP contribution is 2.35. The number of hydrogen-bond acceptors (Lipinski definition) is 2. The van der Waals surface area contributed by atoms with E-state index in [0.717, 1.165) is 36.8 Å². The van der Waals surface area contributed by atoms with Crippen LogP contribution in [0.3, 0.4) is 0 Å². The Morgan fingerprint density at radius 2 is 1.65 bits per heavy atom. The molecule has 0 fully saturated rings. The van der Waals surface area contributed by atoms with Crippen molar-refractivity contribution in [2.75, 3.05) is 0 Å². The second kappa shape index (κ2) is 6.53. The lowest BCUT2D eigenvalue weighted by molar-refractivity contribution is 0.397. The van der Waals surface area contributed by atoms with Crippen LogP contribution in [0.2, 0.25) is 0 Å². The number of unbranched alkanes of at least 4 members (excludes halogenated alkanes) is 2. The number of benzene rings is 1. The Bertz CT molecular complexity index is 370. The van der Waals surface area contributed by atoms with Crippen molar-refractivity contribution in [2.24, 2.45) is 0 Å². The predicted octanol–water partition coefficient (Wildman–Crippen LogP) is 4.09. The van der Waals surface area contributed by atoms with E-state index < -0.39 is 0 Å². The first-order valence-corrected chi connectivity index (χ1v) is 6.65. The zero-order valence-corrected chi connectivity index (χ0v) is 11.2. The fraction of sp³-hybridized carbons (Fsp3) is 0.600. The van der Waals surface area contributed by atoms with Gasteiger partial charge in [-0.05, 0) is 43.4 Å². The third-order valence-corrected chi connectivity index (χ3v) is 3.25. The third-order valence-electron chi connectivity index (χ3n) is 3.25. The molecule has 0 saturated heterocycles. The molecular weight excluding hydrogens is 212 g/mol. The van der Waals surface area contributed by atoms with Crippen molar-refractivity contribution in [1.82, 2.24) is 0 Å². The maximum Gasteiger partial charge on any atom is 0.160 e. The van der Waals surface area contributed by atoms with Crippen LogP contribution in [-0.2, 0) is 12.8 Å². The smallest absolute Gasteiger partial charge is 0.160 e. The number of phenols is 2. The van der Waals surface area contributed by atoms with Gasteiger partial charge in [-0.1, -0.05) is 33.1 Å². The summed E-state index contributed by atoms with van der Waals surface area (Å²) in [6.45, 7) is 6.31. The van der Waals surface area contributed by atoms with Crippen LogP contribution in [0, 0.1) is 6.92 Å². The van der Waals surface area contributed by atoms with Crippen molar-refractivity contribution in [3.05, 3.63) is 22.8 Å². The van der Waals surface area contributed by atoms with Crippen LogP contribution in [-0.4, -0.2) is 10.2 Å². The number of aryl methyl sites for hydroxylation is 1. The summed E-state index contributed by atoms with van der Waals surface area (Å²) in [7, 11) is 0.